The Hall–Kier alpha value is -3.59. The van der Waals surface area contributed by atoms with Gasteiger partial charge in [-0.05, 0) is 25.1 Å². The fourth-order valence-electron chi connectivity index (χ4n) is 4.69. The fraction of sp³-hybridized carbons (Fsp3) is 0.320. The molecule has 1 aromatic heterocycles. The molecule has 0 unspecified atom stereocenters. The van der Waals surface area contributed by atoms with Gasteiger partial charge in [0, 0.05) is 48.6 Å². The molecular weight excluding hydrogens is 454 g/mol. The van der Waals surface area contributed by atoms with E-state index in [0.29, 0.717) is 54.4 Å². The summed E-state index contributed by atoms with van der Waals surface area (Å²) < 4.78 is 7.14. The van der Waals surface area contributed by atoms with E-state index in [4.69, 9.17) is 4.74 Å². The summed E-state index contributed by atoms with van der Waals surface area (Å²) in [5.41, 5.74) is 0.277. The number of urea groups is 1. The van der Waals surface area contributed by atoms with Crippen molar-refractivity contribution >= 4 is 44.1 Å². The van der Waals surface area contributed by atoms with Gasteiger partial charge in [0.25, 0.3) is 5.91 Å². The van der Waals surface area contributed by atoms with Gasteiger partial charge in [-0.15, -0.1) is 11.3 Å². The van der Waals surface area contributed by atoms with Gasteiger partial charge in [-0.2, -0.15) is 0 Å². The third kappa shape index (κ3) is 3.96. The lowest BCUT2D eigenvalue weighted by Crippen LogP contribution is -2.52. The van der Waals surface area contributed by atoms with Crippen molar-refractivity contribution in [3.63, 3.8) is 0 Å². The van der Waals surface area contributed by atoms with Gasteiger partial charge < -0.3 is 20.1 Å². The Kier molecular flexibility index (Phi) is 5.65. The molecule has 9 heteroatoms. The lowest BCUT2D eigenvalue weighted by molar-refractivity contribution is -0.00571. The average Bonchev–Trinajstić information content (AvgIpc) is 3.16. The number of phenolic OH excluding ortho intramolecular Hbond substituents is 1. The van der Waals surface area contributed by atoms with Gasteiger partial charge in [0.2, 0.25) is 0 Å². The molecule has 0 saturated carbocycles. The first kappa shape index (κ1) is 22.2. The Labute approximate surface area is 200 Å². The lowest BCUT2D eigenvalue weighted by Gasteiger charge is -2.44. The van der Waals surface area contributed by atoms with Gasteiger partial charge in [-0.25, -0.2) is 4.79 Å². The second-order valence-corrected chi connectivity index (χ2v) is 9.70. The van der Waals surface area contributed by atoms with Crippen molar-refractivity contribution in [2.24, 2.45) is 0 Å². The van der Waals surface area contributed by atoms with Gasteiger partial charge in [-0.1, -0.05) is 18.2 Å². The first-order valence-corrected chi connectivity index (χ1v) is 12.1. The number of ketones is 1. The van der Waals surface area contributed by atoms with E-state index in [2.05, 4.69) is 10.6 Å². The highest BCUT2D eigenvalue weighted by Crippen LogP contribution is 2.42. The van der Waals surface area contributed by atoms with Gasteiger partial charge in [0.15, 0.2) is 5.78 Å². The molecule has 3 aromatic rings. The number of ether oxygens (including phenoxy) is 1. The molecule has 34 heavy (non-hydrogen) atoms. The van der Waals surface area contributed by atoms with E-state index in [1.807, 2.05) is 31.2 Å². The predicted octanol–water partition coefficient (Wildman–Crippen LogP) is 4.39. The molecule has 1 saturated heterocycles. The number of phenols is 1. The zero-order valence-corrected chi connectivity index (χ0v) is 19.5. The number of benzene rings is 2. The molecule has 2 aromatic carbocycles. The molecule has 8 nitrogen and oxygen atoms in total. The number of carbonyl (C=O) groups excluding carboxylic acids is 3. The summed E-state index contributed by atoms with van der Waals surface area (Å²) in [5, 5.41) is 16.7. The predicted molar refractivity (Wildman–Crippen MR) is 130 cm³/mol. The van der Waals surface area contributed by atoms with Gasteiger partial charge in [-0.3, -0.25) is 14.9 Å². The fourth-order valence-corrected chi connectivity index (χ4v) is 5.78. The number of piperidine rings is 1. The normalized spacial score (nSPS) is 16.7. The van der Waals surface area contributed by atoms with Crippen LogP contribution in [0.4, 0.5) is 9.80 Å². The minimum atomic E-state index is -0.687. The van der Waals surface area contributed by atoms with Crippen molar-refractivity contribution in [3.8, 4) is 11.5 Å². The summed E-state index contributed by atoms with van der Waals surface area (Å²) in [6.07, 6.45) is 1.25. The minimum Gasteiger partial charge on any atom is -0.508 e. The molecule has 2 aliphatic heterocycles. The molecular formula is C25H25N3O5S. The molecule has 0 radical (unpaired) electrons. The number of nitrogens with one attached hydrogen (secondary N) is 2. The molecule has 0 atom stereocenters. The maximum Gasteiger partial charge on any atom is 0.319 e. The lowest BCUT2D eigenvalue weighted by atomic mass is 9.82. The highest BCUT2D eigenvalue weighted by molar-refractivity contribution is 7.23. The van der Waals surface area contributed by atoms with Crippen molar-refractivity contribution in [2.75, 3.05) is 25.0 Å². The van der Waals surface area contributed by atoms with Gasteiger partial charge >= 0.3 is 6.03 Å². The molecule has 176 valence electrons. The Morgan fingerprint density at radius 2 is 1.94 bits per heavy atom. The van der Waals surface area contributed by atoms with Crippen molar-refractivity contribution in [1.29, 1.82) is 0 Å². The standard InChI is InChI=1S/C25H25N3O5S/c1-2-26-24(32)27-22-21(17-5-3-4-6-20(17)34-22)23(31)28-11-9-25(10-12-28)14-18(30)16-8-7-15(29)13-19(16)33-25/h3-8,13,29H,2,9-12,14H2,1H3,(H2,26,27,32). The Morgan fingerprint density at radius 1 is 1.18 bits per heavy atom. The van der Waals surface area contributed by atoms with E-state index in [9.17, 15) is 19.5 Å². The topological polar surface area (TPSA) is 108 Å². The highest BCUT2D eigenvalue weighted by atomic mass is 32.1. The van der Waals surface area contributed by atoms with E-state index in [-0.39, 0.29) is 29.9 Å². The first-order chi connectivity index (χ1) is 16.4. The summed E-state index contributed by atoms with van der Waals surface area (Å²) in [6.45, 7) is 3.15. The molecule has 3 heterocycles. The Bertz CT molecular complexity index is 1290. The average molecular weight is 480 g/mol. The van der Waals surface area contributed by atoms with E-state index in [0.717, 1.165) is 10.1 Å². The van der Waals surface area contributed by atoms with Crippen LogP contribution in [0.25, 0.3) is 10.1 Å². The van der Waals surface area contributed by atoms with Gasteiger partial charge in [0.05, 0.1) is 17.5 Å². The number of aromatic hydroxyl groups is 1. The number of Topliss-reactive ketones (excluding diaryl/α,β-unsaturated/α-hetero) is 1. The Morgan fingerprint density at radius 3 is 2.71 bits per heavy atom. The van der Waals surface area contributed by atoms with E-state index >= 15 is 0 Å². The first-order valence-electron chi connectivity index (χ1n) is 11.3. The molecule has 1 spiro atoms. The number of nitrogens with zero attached hydrogens (tertiary/aromatic N) is 1. The zero-order chi connectivity index (χ0) is 23.9. The highest BCUT2D eigenvalue weighted by Gasteiger charge is 2.44. The number of rotatable bonds is 3. The van der Waals surface area contributed by atoms with Crippen LogP contribution in [0.3, 0.4) is 0 Å². The monoisotopic (exact) mass is 479 g/mol. The molecule has 3 amide bonds. The summed E-state index contributed by atoms with van der Waals surface area (Å²) in [7, 11) is 0. The third-order valence-electron chi connectivity index (χ3n) is 6.41. The summed E-state index contributed by atoms with van der Waals surface area (Å²) in [4.78, 5) is 40.3. The van der Waals surface area contributed by atoms with Crippen molar-refractivity contribution in [2.45, 2.75) is 31.8 Å². The van der Waals surface area contributed by atoms with Crippen molar-refractivity contribution < 1.29 is 24.2 Å². The molecule has 5 rings (SSSR count). The smallest absolute Gasteiger partial charge is 0.319 e. The van der Waals surface area contributed by atoms with Crippen LogP contribution in [0.2, 0.25) is 0 Å². The van der Waals surface area contributed by atoms with E-state index in [1.54, 1.807) is 11.0 Å². The SMILES string of the molecule is CCNC(=O)Nc1sc2ccccc2c1C(=O)N1CCC2(CC1)CC(=O)c1ccc(O)cc1O2. The Balaban J connectivity index is 1.38. The minimum absolute atomic E-state index is 0.0155. The number of fused-ring (bicyclic) bond motifs is 2. The van der Waals surface area contributed by atoms with Crippen LogP contribution in [0.15, 0.2) is 42.5 Å². The number of carbonyl (C=O) groups is 3. The van der Waals surface area contributed by atoms with Crippen molar-refractivity contribution in [1.82, 2.24) is 10.2 Å². The third-order valence-corrected chi connectivity index (χ3v) is 7.50. The van der Waals surface area contributed by atoms with E-state index in [1.165, 1.54) is 23.5 Å². The largest absolute Gasteiger partial charge is 0.508 e. The van der Waals surface area contributed by atoms with Crippen LogP contribution >= 0.6 is 11.3 Å². The maximum absolute atomic E-state index is 13.6. The zero-order valence-electron chi connectivity index (χ0n) is 18.7. The number of anilines is 1. The van der Waals surface area contributed by atoms with Crippen LogP contribution in [0.1, 0.15) is 46.9 Å². The molecule has 0 bridgehead atoms. The molecule has 0 aliphatic carbocycles. The summed E-state index contributed by atoms with van der Waals surface area (Å²) in [6, 6.07) is 11.8. The second kappa shape index (κ2) is 8.64. The van der Waals surface area contributed by atoms with E-state index < -0.39 is 5.60 Å². The second-order valence-electron chi connectivity index (χ2n) is 8.64. The number of amides is 3. The summed E-state index contributed by atoms with van der Waals surface area (Å²) in [5.74, 6) is 0.276. The molecule has 1 fully saturated rings. The van der Waals surface area contributed by atoms with Crippen LogP contribution < -0.4 is 15.4 Å². The quantitative estimate of drug-likeness (QED) is 0.516. The van der Waals surface area contributed by atoms with Crippen molar-refractivity contribution in [3.05, 3.63) is 53.6 Å². The van der Waals surface area contributed by atoms with Crippen LogP contribution in [0, 0.1) is 0 Å². The number of thiophene rings is 1. The number of hydrogen-bond donors (Lipinski definition) is 3. The molecule has 2 aliphatic rings. The summed E-state index contributed by atoms with van der Waals surface area (Å²) >= 11 is 1.37. The number of likely N-dealkylation sites (tertiary alicyclic amines) is 1. The van der Waals surface area contributed by atoms with Crippen LogP contribution in [-0.2, 0) is 0 Å². The maximum atomic E-state index is 13.6. The van der Waals surface area contributed by atoms with Gasteiger partial charge in [0.1, 0.15) is 22.1 Å². The van der Waals surface area contributed by atoms with Crippen LogP contribution in [0.5, 0.6) is 11.5 Å². The molecule has 3 N–H and O–H groups in total. The number of hydrogen-bond acceptors (Lipinski definition) is 6. The van der Waals surface area contributed by atoms with Crippen LogP contribution in [-0.4, -0.2) is 53.0 Å².